The zero-order valence-corrected chi connectivity index (χ0v) is 7.86. The molecular weight excluding hydrogens is 162 g/mol. The second kappa shape index (κ2) is 4.77. The topological polar surface area (TPSA) is 43.1 Å². The quantitative estimate of drug-likeness (QED) is 0.715. The Hall–Kier alpha value is -1.15. The zero-order valence-electron chi connectivity index (χ0n) is 7.86. The molecule has 1 atom stereocenters. The minimum absolute atomic E-state index is 0.104. The number of ketones is 1. The van der Waals surface area contributed by atoms with Gasteiger partial charge in [-0.1, -0.05) is 30.3 Å². The molecule has 0 spiro atoms. The molecule has 0 aliphatic heterocycles. The van der Waals surface area contributed by atoms with E-state index in [4.69, 9.17) is 5.73 Å². The van der Waals surface area contributed by atoms with Gasteiger partial charge < -0.3 is 5.73 Å². The summed E-state index contributed by atoms with van der Waals surface area (Å²) in [5, 5.41) is 0. The third kappa shape index (κ3) is 3.38. The number of Topliss-reactive ketones (excluding diaryl/α,β-unsaturated/α-hetero) is 1. The smallest absolute Gasteiger partial charge is 0.162 e. The fourth-order valence-corrected chi connectivity index (χ4v) is 1.13. The lowest BCUT2D eigenvalue weighted by Crippen LogP contribution is -2.16. The van der Waals surface area contributed by atoms with Crippen LogP contribution in [0.4, 0.5) is 0 Å². The van der Waals surface area contributed by atoms with Crippen molar-refractivity contribution in [1.82, 2.24) is 0 Å². The lowest BCUT2D eigenvalue weighted by atomic mass is 10.0. The molecule has 0 unspecified atom stereocenters. The summed E-state index contributed by atoms with van der Waals surface area (Å²) >= 11 is 0. The molecule has 2 nitrogen and oxygen atoms in total. The maximum absolute atomic E-state index is 11.5. The predicted octanol–water partition coefficient (Wildman–Crippen LogP) is 2.00. The van der Waals surface area contributed by atoms with Crippen LogP contribution in [0.2, 0.25) is 0 Å². The molecule has 0 aliphatic rings. The monoisotopic (exact) mass is 177 g/mol. The maximum atomic E-state index is 11.5. The molecule has 0 fully saturated rings. The van der Waals surface area contributed by atoms with Crippen molar-refractivity contribution in [3.63, 3.8) is 0 Å². The van der Waals surface area contributed by atoms with E-state index in [1.165, 1.54) is 0 Å². The Morgan fingerprint density at radius 3 is 2.54 bits per heavy atom. The maximum Gasteiger partial charge on any atom is 0.162 e. The number of carbonyl (C=O) groups excluding carboxylic acids is 1. The summed E-state index contributed by atoms with van der Waals surface area (Å²) in [5.74, 6) is 0.179. The second-order valence-electron chi connectivity index (χ2n) is 3.31. The van der Waals surface area contributed by atoms with Gasteiger partial charge >= 0.3 is 0 Å². The van der Waals surface area contributed by atoms with Crippen molar-refractivity contribution in [3.8, 4) is 0 Å². The van der Waals surface area contributed by atoms with E-state index in [0.717, 1.165) is 12.0 Å². The molecule has 0 radical (unpaired) electrons. The van der Waals surface area contributed by atoms with Crippen molar-refractivity contribution < 1.29 is 4.79 Å². The molecule has 0 saturated heterocycles. The zero-order chi connectivity index (χ0) is 9.68. The molecule has 0 aliphatic carbocycles. The van der Waals surface area contributed by atoms with Crippen LogP contribution in [0.25, 0.3) is 0 Å². The molecule has 1 aromatic rings. The van der Waals surface area contributed by atoms with Crippen LogP contribution >= 0.6 is 0 Å². The van der Waals surface area contributed by atoms with Gasteiger partial charge in [-0.3, -0.25) is 4.79 Å². The van der Waals surface area contributed by atoms with Gasteiger partial charge in [-0.25, -0.2) is 0 Å². The van der Waals surface area contributed by atoms with Gasteiger partial charge in [0.15, 0.2) is 5.78 Å². The van der Waals surface area contributed by atoms with Crippen LogP contribution in [0.1, 0.15) is 30.1 Å². The van der Waals surface area contributed by atoms with Crippen molar-refractivity contribution >= 4 is 5.78 Å². The van der Waals surface area contributed by atoms with E-state index in [9.17, 15) is 4.79 Å². The van der Waals surface area contributed by atoms with E-state index < -0.39 is 0 Å². The predicted molar refractivity (Wildman–Crippen MR) is 53.7 cm³/mol. The third-order valence-electron chi connectivity index (χ3n) is 1.92. The number of nitrogens with two attached hydrogens (primary N) is 1. The van der Waals surface area contributed by atoms with Crippen molar-refractivity contribution in [2.45, 2.75) is 25.8 Å². The minimum Gasteiger partial charge on any atom is -0.328 e. The molecule has 1 rings (SSSR count). The highest BCUT2D eigenvalue weighted by Gasteiger charge is 2.05. The standard InChI is InChI=1S/C11H15NO/c1-9(12)7-8-11(13)10-5-3-2-4-6-10/h2-6,9H,7-8,12H2,1H3/t9-/m0/s1. The highest BCUT2D eigenvalue weighted by Crippen LogP contribution is 2.05. The molecule has 0 heterocycles. The largest absolute Gasteiger partial charge is 0.328 e. The Kier molecular flexibility index (Phi) is 3.65. The third-order valence-corrected chi connectivity index (χ3v) is 1.92. The molecule has 13 heavy (non-hydrogen) atoms. The van der Waals surface area contributed by atoms with Gasteiger partial charge in [0.25, 0.3) is 0 Å². The number of carbonyl (C=O) groups is 1. The molecule has 0 amide bonds. The molecule has 2 heteroatoms. The van der Waals surface area contributed by atoms with E-state index in [2.05, 4.69) is 0 Å². The van der Waals surface area contributed by atoms with Crippen LogP contribution in [-0.2, 0) is 0 Å². The fourth-order valence-electron chi connectivity index (χ4n) is 1.13. The van der Waals surface area contributed by atoms with E-state index >= 15 is 0 Å². The Labute approximate surface area is 78.8 Å². The number of hydrogen-bond donors (Lipinski definition) is 1. The summed E-state index contributed by atoms with van der Waals surface area (Å²) in [6, 6.07) is 9.43. The minimum atomic E-state index is 0.104. The van der Waals surface area contributed by atoms with Gasteiger partial charge in [0.2, 0.25) is 0 Å². The van der Waals surface area contributed by atoms with Gasteiger partial charge in [-0.2, -0.15) is 0 Å². The molecular formula is C11H15NO. The Morgan fingerprint density at radius 2 is 2.00 bits per heavy atom. The summed E-state index contributed by atoms with van der Waals surface area (Å²) in [6.07, 6.45) is 1.30. The molecule has 70 valence electrons. The first-order valence-electron chi connectivity index (χ1n) is 4.54. The molecule has 0 saturated carbocycles. The first-order valence-corrected chi connectivity index (χ1v) is 4.54. The van der Waals surface area contributed by atoms with Crippen LogP contribution in [0.15, 0.2) is 30.3 Å². The van der Waals surface area contributed by atoms with Gasteiger partial charge in [0.1, 0.15) is 0 Å². The van der Waals surface area contributed by atoms with Crippen LogP contribution < -0.4 is 5.73 Å². The summed E-state index contributed by atoms with van der Waals surface area (Å²) in [4.78, 5) is 11.5. The van der Waals surface area contributed by atoms with E-state index in [0.29, 0.717) is 6.42 Å². The normalized spacial score (nSPS) is 12.5. The summed E-state index contributed by atoms with van der Waals surface area (Å²) in [7, 11) is 0. The average molecular weight is 177 g/mol. The highest BCUT2D eigenvalue weighted by molar-refractivity contribution is 5.95. The van der Waals surface area contributed by atoms with E-state index in [-0.39, 0.29) is 11.8 Å². The van der Waals surface area contributed by atoms with Crippen molar-refractivity contribution in [1.29, 1.82) is 0 Å². The SMILES string of the molecule is C[C@H](N)CCC(=O)c1ccccc1. The Morgan fingerprint density at radius 1 is 1.38 bits per heavy atom. The van der Waals surface area contributed by atoms with E-state index in [1.54, 1.807) is 0 Å². The van der Waals surface area contributed by atoms with Crippen LogP contribution in [-0.4, -0.2) is 11.8 Å². The first-order chi connectivity index (χ1) is 6.20. The highest BCUT2D eigenvalue weighted by atomic mass is 16.1. The van der Waals surface area contributed by atoms with Gasteiger partial charge in [0.05, 0.1) is 0 Å². The van der Waals surface area contributed by atoms with Crippen molar-refractivity contribution in [3.05, 3.63) is 35.9 Å². The fraction of sp³-hybridized carbons (Fsp3) is 0.364. The summed E-state index contributed by atoms with van der Waals surface area (Å²) in [5.41, 5.74) is 6.35. The van der Waals surface area contributed by atoms with Crippen molar-refractivity contribution in [2.75, 3.05) is 0 Å². The second-order valence-corrected chi connectivity index (χ2v) is 3.31. The van der Waals surface area contributed by atoms with Crippen LogP contribution in [0, 0.1) is 0 Å². The van der Waals surface area contributed by atoms with Crippen molar-refractivity contribution in [2.24, 2.45) is 5.73 Å². The number of hydrogen-bond acceptors (Lipinski definition) is 2. The van der Waals surface area contributed by atoms with Crippen LogP contribution in [0.5, 0.6) is 0 Å². The van der Waals surface area contributed by atoms with Gasteiger partial charge in [0, 0.05) is 18.0 Å². The van der Waals surface area contributed by atoms with Crippen LogP contribution in [0.3, 0.4) is 0 Å². The lowest BCUT2D eigenvalue weighted by molar-refractivity contribution is 0.0978. The molecule has 0 bridgehead atoms. The lowest BCUT2D eigenvalue weighted by Gasteiger charge is -2.03. The Balaban J connectivity index is 2.50. The molecule has 1 aromatic carbocycles. The molecule has 0 aromatic heterocycles. The summed E-state index contributed by atoms with van der Waals surface area (Å²) in [6.45, 7) is 1.91. The Bertz CT molecular complexity index is 267. The number of benzene rings is 1. The molecule has 2 N–H and O–H groups in total. The van der Waals surface area contributed by atoms with Gasteiger partial charge in [-0.05, 0) is 13.3 Å². The first kappa shape index (κ1) is 9.93. The average Bonchev–Trinajstić information content (AvgIpc) is 2.15. The van der Waals surface area contributed by atoms with Gasteiger partial charge in [-0.15, -0.1) is 0 Å². The summed E-state index contributed by atoms with van der Waals surface area (Å²) < 4.78 is 0. The number of rotatable bonds is 4. The van der Waals surface area contributed by atoms with E-state index in [1.807, 2.05) is 37.3 Å².